The maximum Gasteiger partial charge on any atom is 0.183 e. The highest BCUT2D eigenvalue weighted by Gasteiger charge is 2.38. The number of hydrogen-bond acceptors (Lipinski definition) is 5. The van der Waals surface area contributed by atoms with Crippen LogP contribution in [0.25, 0.3) is 22.8 Å². The lowest BCUT2D eigenvalue weighted by atomic mass is 9.65. The SMILES string of the molecule is C=C(O)CC1CCC2(CC1)CCN(c1ccc(-c3n[nH]c(-c4cccc(Cl)c4)n3)cn1)CC2. The normalized spacial score (nSPS) is 18.5. The summed E-state index contributed by atoms with van der Waals surface area (Å²) in [6.07, 6.45) is 10.0. The topological polar surface area (TPSA) is 77.9 Å². The number of hydrogen-bond donors (Lipinski definition) is 2. The van der Waals surface area contributed by atoms with E-state index in [9.17, 15) is 5.11 Å². The van der Waals surface area contributed by atoms with Crippen molar-refractivity contribution in [1.82, 2.24) is 20.2 Å². The van der Waals surface area contributed by atoms with Crippen LogP contribution < -0.4 is 4.90 Å². The second-order valence-corrected chi connectivity index (χ2v) is 10.1. The van der Waals surface area contributed by atoms with Gasteiger partial charge in [-0.1, -0.05) is 30.3 Å². The van der Waals surface area contributed by atoms with Gasteiger partial charge < -0.3 is 10.0 Å². The molecule has 6 nitrogen and oxygen atoms in total. The molecule has 0 amide bonds. The number of H-pyrrole nitrogens is 1. The van der Waals surface area contributed by atoms with Crippen molar-refractivity contribution >= 4 is 17.4 Å². The van der Waals surface area contributed by atoms with Crippen molar-refractivity contribution in [2.24, 2.45) is 11.3 Å². The summed E-state index contributed by atoms with van der Waals surface area (Å²) in [6, 6.07) is 11.7. The van der Waals surface area contributed by atoms with E-state index in [1.165, 1.54) is 38.5 Å². The fraction of sp³-hybridized carbons (Fsp3) is 0.423. The maximum atomic E-state index is 9.50. The molecule has 3 heterocycles. The third kappa shape index (κ3) is 4.91. The Hall–Kier alpha value is -2.86. The molecule has 2 N–H and O–H groups in total. The predicted molar refractivity (Wildman–Crippen MR) is 132 cm³/mol. The summed E-state index contributed by atoms with van der Waals surface area (Å²) in [5, 5.41) is 17.5. The molecule has 0 bridgehead atoms. The number of aliphatic hydroxyl groups excluding tert-OH is 1. The smallest absolute Gasteiger partial charge is 0.183 e. The molecule has 2 fully saturated rings. The number of piperidine rings is 1. The zero-order chi connectivity index (χ0) is 22.8. The molecule has 2 aromatic heterocycles. The van der Waals surface area contributed by atoms with Crippen LogP contribution in [0.3, 0.4) is 0 Å². The van der Waals surface area contributed by atoms with Crippen LogP contribution in [0.5, 0.6) is 0 Å². The van der Waals surface area contributed by atoms with Gasteiger partial charge >= 0.3 is 0 Å². The molecule has 172 valence electrons. The van der Waals surface area contributed by atoms with Crippen molar-refractivity contribution in [2.45, 2.75) is 44.9 Å². The molecule has 7 heteroatoms. The number of nitrogens with one attached hydrogen (secondary N) is 1. The van der Waals surface area contributed by atoms with Crippen LogP contribution in [-0.2, 0) is 0 Å². The monoisotopic (exact) mass is 463 g/mol. The number of aromatic nitrogens is 4. The first-order chi connectivity index (χ1) is 16.0. The molecule has 1 spiro atoms. The van der Waals surface area contributed by atoms with Gasteiger partial charge in [0.25, 0.3) is 0 Å². The van der Waals surface area contributed by atoms with Gasteiger partial charge in [0, 0.05) is 41.9 Å². The Balaban J connectivity index is 1.20. The van der Waals surface area contributed by atoms with Gasteiger partial charge in [-0.15, -0.1) is 0 Å². The van der Waals surface area contributed by atoms with Gasteiger partial charge in [0.1, 0.15) is 5.82 Å². The number of halogens is 1. The van der Waals surface area contributed by atoms with Gasteiger partial charge in [-0.2, -0.15) is 5.10 Å². The minimum Gasteiger partial charge on any atom is -0.513 e. The van der Waals surface area contributed by atoms with E-state index in [1.54, 1.807) is 0 Å². The van der Waals surface area contributed by atoms with E-state index in [0.29, 0.717) is 33.8 Å². The van der Waals surface area contributed by atoms with E-state index in [0.717, 1.165) is 36.5 Å². The van der Waals surface area contributed by atoms with Crippen molar-refractivity contribution in [3.63, 3.8) is 0 Å². The lowest BCUT2D eigenvalue weighted by molar-refractivity contribution is 0.109. The maximum absolute atomic E-state index is 9.50. The second kappa shape index (κ2) is 9.18. The molecule has 1 aromatic carbocycles. The summed E-state index contributed by atoms with van der Waals surface area (Å²) in [4.78, 5) is 11.7. The van der Waals surface area contributed by atoms with Crippen LogP contribution in [0.4, 0.5) is 5.82 Å². The fourth-order valence-electron chi connectivity index (χ4n) is 5.40. The zero-order valence-corrected chi connectivity index (χ0v) is 19.6. The second-order valence-electron chi connectivity index (χ2n) is 9.62. The molecular weight excluding hydrogens is 434 g/mol. The summed E-state index contributed by atoms with van der Waals surface area (Å²) < 4.78 is 0. The van der Waals surface area contributed by atoms with Crippen molar-refractivity contribution in [3.05, 3.63) is 60.0 Å². The number of benzene rings is 1. The van der Waals surface area contributed by atoms with E-state index in [-0.39, 0.29) is 0 Å². The van der Waals surface area contributed by atoms with E-state index >= 15 is 0 Å². The molecule has 0 atom stereocenters. The number of pyridine rings is 1. The minimum atomic E-state index is 0.339. The predicted octanol–water partition coefficient (Wildman–Crippen LogP) is 6.43. The van der Waals surface area contributed by atoms with E-state index < -0.39 is 0 Å². The Morgan fingerprint density at radius 1 is 1.12 bits per heavy atom. The highest BCUT2D eigenvalue weighted by molar-refractivity contribution is 6.30. The molecule has 1 aliphatic heterocycles. The van der Waals surface area contributed by atoms with Gasteiger partial charge in [0.05, 0.1) is 5.76 Å². The minimum absolute atomic E-state index is 0.339. The first-order valence-electron chi connectivity index (χ1n) is 11.8. The van der Waals surface area contributed by atoms with Crippen LogP contribution in [-0.4, -0.2) is 38.4 Å². The third-order valence-electron chi connectivity index (χ3n) is 7.43. The van der Waals surface area contributed by atoms with E-state index in [4.69, 9.17) is 16.6 Å². The van der Waals surface area contributed by atoms with Crippen LogP contribution in [0.15, 0.2) is 54.9 Å². The fourth-order valence-corrected chi connectivity index (χ4v) is 5.59. The molecular formula is C26H30ClN5O. The number of anilines is 1. The Morgan fingerprint density at radius 2 is 1.91 bits per heavy atom. The van der Waals surface area contributed by atoms with Crippen LogP contribution in [0.2, 0.25) is 5.02 Å². The third-order valence-corrected chi connectivity index (χ3v) is 7.66. The molecule has 1 saturated carbocycles. The van der Waals surface area contributed by atoms with Crippen molar-refractivity contribution in [3.8, 4) is 22.8 Å². The molecule has 1 aliphatic carbocycles. The van der Waals surface area contributed by atoms with Gasteiger partial charge in [0.2, 0.25) is 0 Å². The van der Waals surface area contributed by atoms with E-state index in [1.807, 2.05) is 36.5 Å². The largest absolute Gasteiger partial charge is 0.513 e. The van der Waals surface area contributed by atoms with Gasteiger partial charge in [-0.3, -0.25) is 5.10 Å². The molecule has 0 radical (unpaired) electrons. The highest BCUT2D eigenvalue weighted by atomic mass is 35.5. The standard InChI is InChI=1S/C26H30ClN5O/c1-18(33)15-19-7-9-26(10-8-19)11-13-32(14-12-26)23-6-5-21(17-28-23)25-29-24(30-31-25)20-3-2-4-22(27)16-20/h2-6,16-17,19,33H,1,7-15H2,(H,29,30,31). The van der Waals surface area contributed by atoms with Crippen LogP contribution in [0, 0.1) is 11.3 Å². The van der Waals surface area contributed by atoms with Crippen molar-refractivity contribution in [2.75, 3.05) is 18.0 Å². The molecule has 33 heavy (non-hydrogen) atoms. The average Bonchev–Trinajstić information content (AvgIpc) is 3.32. The lowest BCUT2D eigenvalue weighted by Crippen LogP contribution is -2.42. The summed E-state index contributed by atoms with van der Waals surface area (Å²) in [5.41, 5.74) is 2.27. The highest BCUT2D eigenvalue weighted by Crippen LogP contribution is 2.47. The summed E-state index contributed by atoms with van der Waals surface area (Å²) >= 11 is 6.09. The molecule has 2 aliphatic rings. The van der Waals surface area contributed by atoms with Gasteiger partial charge in [-0.05, 0) is 74.1 Å². The lowest BCUT2D eigenvalue weighted by Gasteiger charge is -2.46. The summed E-state index contributed by atoms with van der Waals surface area (Å²) in [5.74, 6) is 3.28. The first kappa shape index (κ1) is 22.0. The average molecular weight is 464 g/mol. The summed E-state index contributed by atoms with van der Waals surface area (Å²) in [7, 11) is 0. The van der Waals surface area contributed by atoms with Gasteiger partial charge in [0.15, 0.2) is 11.6 Å². The van der Waals surface area contributed by atoms with Crippen molar-refractivity contribution < 1.29 is 5.11 Å². The molecule has 0 unspecified atom stereocenters. The van der Waals surface area contributed by atoms with Crippen molar-refractivity contribution in [1.29, 1.82) is 0 Å². The number of rotatable bonds is 5. The Kier molecular flexibility index (Phi) is 6.11. The first-order valence-corrected chi connectivity index (χ1v) is 12.1. The Bertz CT molecular complexity index is 1110. The van der Waals surface area contributed by atoms with Crippen LogP contribution >= 0.6 is 11.6 Å². The Morgan fingerprint density at radius 3 is 2.58 bits per heavy atom. The quantitative estimate of drug-likeness (QED) is 0.426. The van der Waals surface area contributed by atoms with E-state index in [2.05, 4.69) is 32.7 Å². The molecule has 5 rings (SSSR count). The molecule has 3 aromatic rings. The van der Waals surface area contributed by atoms with Gasteiger partial charge in [-0.25, -0.2) is 9.97 Å². The Labute approximate surface area is 199 Å². The number of aromatic amines is 1. The zero-order valence-electron chi connectivity index (χ0n) is 18.8. The number of aliphatic hydroxyl groups is 1. The molecule has 1 saturated heterocycles. The number of allylic oxidation sites excluding steroid dienone is 1. The number of nitrogens with zero attached hydrogens (tertiary/aromatic N) is 4. The summed E-state index contributed by atoms with van der Waals surface area (Å²) in [6.45, 7) is 5.76. The van der Waals surface area contributed by atoms with Crippen LogP contribution in [0.1, 0.15) is 44.9 Å².